The molecule has 4 nitrogen and oxygen atoms in total. The number of hydrogen-bond donors (Lipinski definition) is 1. The Kier molecular flexibility index (Phi) is 6.95. The van der Waals surface area contributed by atoms with Crippen LogP contribution in [0.15, 0.2) is 78.9 Å². The van der Waals surface area contributed by atoms with Crippen LogP contribution in [0.5, 0.6) is 5.75 Å². The van der Waals surface area contributed by atoms with E-state index in [4.69, 9.17) is 4.74 Å². The molecule has 1 aliphatic heterocycles. The third kappa shape index (κ3) is 6.15. The molecular weight excluding hydrogens is 391 g/mol. The van der Waals surface area contributed by atoms with Crippen LogP contribution in [0.3, 0.4) is 0 Å². The Labute approximate surface area is 182 Å². The second-order valence-corrected chi connectivity index (χ2v) is 7.95. The van der Waals surface area contributed by atoms with Gasteiger partial charge in [-0.3, -0.25) is 9.69 Å². The SMILES string of the molecule is O=C(NC1CCN(Cc2ccc(F)cc2)CC1)c1ccc(COc2ccccc2)cc1. The molecule has 0 radical (unpaired) electrons. The summed E-state index contributed by atoms with van der Waals surface area (Å²) < 4.78 is 18.8. The number of hydrogen-bond acceptors (Lipinski definition) is 3. The lowest BCUT2D eigenvalue weighted by atomic mass is 10.0. The van der Waals surface area contributed by atoms with E-state index >= 15 is 0 Å². The molecule has 160 valence electrons. The third-order valence-corrected chi connectivity index (χ3v) is 5.61. The first-order valence-corrected chi connectivity index (χ1v) is 10.7. The maximum atomic E-state index is 13.0. The molecule has 0 unspecified atom stereocenters. The number of nitrogens with one attached hydrogen (secondary N) is 1. The maximum Gasteiger partial charge on any atom is 0.251 e. The van der Waals surface area contributed by atoms with E-state index in [1.165, 1.54) is 12.1 Å². The van der Waals surface area contributed by atoms with E-state index in [1.807, 2.05) is 66.7 Å². The van der Waals surface area contributed by atoms with Crippen molar-refractivity contribution in [1.29, 1.82) is 0 Å². The van der Waals surface area contributed by atoms with Crippen molar-refractivity contribution in [1.82, 2.24) is 10.2 Å². The highest BCUT2D eigenvalue weighted by Crippen LogP contribution is 2.16. The van der Waals surface area contributed by atoms with Gasteiger partial charge in [0.15, 0.2) is 0 Å². The van der Waals surface area contributed by atoms with Crippen LogP contribution in [0.2, 0.25) is 0 Å². The number of halogens is 1. The summed E-state index contributed by atoms with van der Waals surface area (Å²) in [6, 6.07) is 24.1. The summed E-state index contributed by atoms with van der Waals surface area (Å²) in [5.74, 6) is 0.588. The van der Waals surface area contributed by atoms with Crippen molar-refractivity contribution in [3.05, 3.63) is 101 Å². The van der Waals surface area contributed by atoms with Crippen molar-refractivity contribution in [2.24, 2.45) is 0 Å². The second kappa shape index (κ2) is 10.2. The first-order valence-electron chi connectivity index (χ1n) is 10.7. The van der Waals surface area contributed by atoms with Gasteiger partial charge in [-0.05, 0) is 60.4 Å². The lowest BCUT2D eigenvalue weighted by molar-refractivity contribution is 0.0909. The van der Waals surface area contributed by atoms with Crippen LogP contribution in [0.1, 0.15) is 34.3 Å². The zero-order chi connectivity index (χ0) is 21.5. The van der Waals surface area contributed by atoms with Crippen LogP contribution in [0.4, 0.5) is 4.39 Å². The summed E-state index contributed by atoms with van der Waals surface area (Å²) in [5.41, 5.74) is 2.80. The number of nitrogens with zero attached hydrogens (tertiary/aromatic N) is 1. The Morgan fingerprint density at radius 2 is 1.55 bits per heavy atom. The Balaban J connectivity index is 1.22. The molecule has 0 bridgehead atoms. The zero-order valence-corrected chi connectivity index (χ0v) is 17.5. The minimum atomic E-state index is -0.207. The molecule has 5 heteroatoms. The van der Waals surface area contributed by atoms with E-state index in [0.717, 1.165) is 49.4 Å². The fraction of sp³-hybridized carbons (Fsp3) is 0.269. The molecule has 1 heterocycles. The number of benzene rings is 3. The molecule has 0 aromatic heterocycles. The molecule has 0 saturated carbocycles. The quantitative estimate of drug-likeness (QED) is 0.599. The van der Waals surface area contributed by atoms with E-state index < -0.39 is 0 Å². The van der Waals surface area contributed by atoms with E-state index in [9.17, 15) is 9.18 Å². The smallest absolute Gasteiger partial charge is 0.251 e. The average Bonchev–Trinajstić information content (AvgIpc) is 2.81. The predicted octanol–water partition coefficient (Wildman–Crippen LogP) is 4.80. The molecule has 1 fully saturated rings. The lowest BCUT2D eigenvalue weighted by Gasteiger charge is -2.32. The van der Waals surface area contributed by atoms with Gasteiger partial charge in [0.1, 0.15) is 18.2 Å². The largest absolute Gasteiger partial charge is 0.489 e. The Hall–Kier alpha value is -3.18. The molecule has 1 amide bonds. The monoisotopic (exact) mass is 418 g/mol. The summed E-state index contributed by atoms with van der Waals surface area (Å²) >= 11 is 0. The molecule has 4 rings (SSSR count). The molecule has 1 saturated heterocycles. The highest BCUT2D eigenvalue weighted by atomic mass is 19.1. The number of piperidine rings is 1. The van der Waals surface area contributed by atoms with Crippen LogP contribution in [0.25, 0.3) is 0 Å². The van der Waals surface area contributed by atoms with E-state index in [0.29, 0.717) is 12.2 Å². The molecule has 3 aromatic rings. The second-order valence-electron chi connectivity index (χ2n) is 7.95. The van der Waals surface area contributed by atoms with E-state index in [1.54, 1.807) is 0 Å². The van der Waals surface area contributed by atoms with Crippen molar-refractivity contribution < 1.29 is 13.9 Å². The molecule has 3 aromatic carbocycles. The van der Waals surface area contributed by atoms with Crippen molar-refractivity contribution in [2.45, 2.75) is 32.0 Å². The highest BCUT2D eigenvalue weighted by Gasteiger charge is 2.21. The van der Waals surface area contributed by atoms with Crippen LogP contribution in [0, 0.1) is 5.82 Å². The highest BCUT2D eigenvalue weighted by molar-refractivity contribution is 5.94. The molecular formula is C26H27FN2O2. The van der Waals surface area contributed by atoms with Crippen molar-refractivity contribution >= 4 is 5.91 Å². The summed E-state index contributed by atoms with van der Waals surface area (Å²) in [5, 5.41) is 3.16. The van der Waals surface area contributed by atoms with Gasteiger partial charge in [-0.1, -0.05) is 42.5 Å². The number of para-hydroxylation sites is 1. The van der Waals surface area contributed by atoms with E-state index in [2.05, 4.69) is 10.2 Å². The number of carbonyl (C=O) groups is 1. The number of ether oxygens (including phenoxy) is 1. The summed E-state index contributed by atoms with van der Waals surface area (Å²) in [6.07, 6.45) is 1.83. The van der Waals surface area contributed by atoms with Gasteiger partial charge in [-0.25, -0.2) is 4.39 Å². The van der Waals surface area contributed by atoms with Crippen LogP contribution in [-0.2, 0) is 13.2 Å². The minimum Gasteiger partial charge on any atom is -0.489 e. The number of rotatable bonds is 7. The van der Waals surface area contributed by atoms with E-state index in [-0.39, 0.29) is 17.8 Å². The van der Waals surface area contributed by atoms with Crippen molar-refractivity contribution in [2.75, 3.05) is 13.1 Å². The average molecular weight is 419 g/mol. The first-order chi connectivity index (χ1) is 15.2. The van der Waals surface area contributed by atoms with Crippen LogP contribution < -0.4 is 10.1 Å². The van der Waals surface area contributed by atoms with Gasteiger partial charge in [0, 0.05) is 31.2 Å². The fourth-order valence-corrected chi connectivity index (χ4v) is 3.79. The summed E-state index contributed by atoms with van der Waals surface area (Å²) in [7, 11) is 0. The molecule has 1 aliphatic rings. The molecule has 0 atom stereocenters. The van der Waals surface area contributed by atoms with Gasteiger partial charge in [-0.2, -0.15) is 0 Å². The fourth-order valence-electron chi connectivity index (χ4n) is 3.79. The predicted molar refractivity (Wildman–Crippen MR) is 119 cm³/mol. The normalized spacial score (nSPS) is 14.9. The topological polar surface area (TPSA) is 41.6 Å². The van der Waals surface area contributed by atoms with Gasteiger partial charge in [0.2, 0.25) is 0 Å². The third-order valence-electron chi connectivity index (χ3n) is 5.61. The number of carbonyl (C=O) groups excluding carboxylic acids is 1. The maximum absolute atomic E-state index is 13.0. The van der Waals surface area contributed by atoms with Crippen molar-refractivity contribution in [3.8, 4) is 5.75 Å². The Morgan fingerprint density at radius 3 is 2.23 bits per heavy atom. The van der Waals surface area contributed by atoms with Crippen LogP contribution >= 0.6 is 0 Å². The Bertz CT molecular complexity index is 967. The van der Waals surface area contributed by atoms with Gasteiger partial charge in [0.25, 0.3) is 5.91 Å². The van der Waals surface area contributed by atoms with Crippen LogP contribution in [-0.4, -0.2) is 29.9 Å². The minimum absolute atomic E-state index is 0.0347. The summed E-state index contributed by atoms with van der Waals surface area (Å²) in [4.78, 5) is 15.0. The van der Waals surface area contributed by atoms with Gasteiger partial charge in [-0.15, -0.1) is 0 Å². The molecule has 0 spiro atoms. The van der Waals surface area contributed by atoms with Crippen molar-refractivity contribution in [3.63, 3.8) is 0 Å². The number of amides is 1. The number of likely N-dealkylation sites (tertiary alicyclic amines) is 1. The first kappa shape index (κ1) is 21.1. The lowest BCUT2D eigenvalue weighted by Crippen LogP contribution is -2.44. The standard InChI is InChI=1S/C26H27FN2O2/c27-23-12-8-20(9-13-23)18-29-16-14-24(15-17-29)28-26(30)22-10-6-21(7-11-22)19-31-25-4-2-1-3-5-25/h1-13,24H,14-19H2,(H,28,30). The Morgan fingerprint density at radius 1 is 0.903 bits per heavy atom. The summed E-state index contributed by atoms with van der Waals surface area (Å²) in [6.45, 7) is 3.11. The molecule has 1 N–H and O–H groups in total. The van der Waals surface area contributed by atoms with Gasteiger partial charge in [0.05, 0.1) is 0 Å². The molecule has 0 aliphatic carbocycles. The van der Waals surface area contributed by atoms with Gasteiger partial charge >= 0.3 is 0 Å². The van der Waals surface area contributed by atoms with Gasteiger partial charge < -0.3 is 10.1 Å². The molecule has 31 heavy (non-hydrogen) atoms. The zero-order valence-electron chi connectivity index (χ0n) is 17.5.